The number of rotatable bonds is 1. The smallest absolute Gasteiger partial charge is 0.357 e. The van der Waals surface area contributed by atoms with Crippen molar-refractivity contribution in [2.75, 3.05) is 5.73 Å². The normalized spacial score (nSPS) is 9.83. The topological polar surface area (TPSA) is 76.2 Å². The molecule has 1 rings (SSSR count). The average Bonchev–Trinajstić information content (AvgIpc) is 2.00. The molecule has 0 amide bonds. The second-order valence-corrected chi connectivity index (χ2v) is 2.39. The number of nitrogens with two attached hydrogens (primary N) is 1. The molecular weight excluding hydrogens is 187 g/mol. The zero-order chi connectivity index (χ0) is 9.30. The maximum Gasteiger partial charge on any atom is 0.357 e. The number of anilines is 1. The molecule has 0 saturated heterocycles. The van der Waals surface area contributed by atoms with Crippen LogP contribution in [0.2, 0.25) is 5.02 Å². The first-order valence-electron chi connectivity index (χ1n) is 2.86. The number of aromatic carboxylic acids is 1. The van der Waals surface area contributed by atoms with Crippen molar-refractivity contribution in [2.24, 2.45) is 0 Å². The maximum atomic E-state index is 12.9. The highest BCUT2D eigenvalue weighted by molar-refractivity contribution is 6.33. The van der Waals surface area contributed by atoms with Crippen LogP contribution in [-0.4, -0.2) is 16.1 Å². The second kappa shape index (κ2) is 2.94. The monoisotopic (exact) mass is 190 g/mol. The number of carbonyl (C=O) groups is 1. The van der Waals surface area contributed by atoms with Gasteiger partial charge >= 0.3 is 5.97 Å². The fourth-order valence-electron chi connectivity index (χ4n) is 0.629. The molecule has 0 aliphatic rings. The SMILES string of the molecule is Nc1c(Cl)cnc(C(=O)O)c1F. The van der Waals surface area contributed by atoms with Crippen LogP contribution in [-0.2, 0) is 0 Å². The highest BCUT2D eigenvalue weighted by atomic mass is 35.5. The summed E-state index contributed by atoms with van der Waals surface area (Å²) in [4.78, 5) is 13.5. The molecule has 1 heterocycles. The quantitative estimate of drug-likeness (QED) is 0.697. The number of aromatic nitrogens is 1. The van der Waals surface area contributed by atoms with Crippen LogP contribution in [0, 0.1) is 5.82 Å². The number of halogens is 2. The van der Waals surface area contributed by atoms with E-state index in [1.54, 1.807) is 0 Å². The molecule has 0 aliphatic heterocycles. The van der Waals surface area contributed by atoms with E-state index in [9.17, 15) is 9.18 Å². The number of pyridine rings is 1. The van der Waals surface area contributed by atoms with E-state index in [4.69, 9.17) is 22.4 Å². The third-order valence-electron chi connectivity index (χ3n) is 1.21. The molecule has 64 valence electrons. The van der Waals surface area contributed by atoms with Crippen LogP contribution in [0.1, 0.15) is 10.5 Å². The molecule has 0 spiro atoms. The molecule has 4 nitrogen and oxygen atoms in total. The van der Waals surface area contributed by atoms with E-state index in [2.05, 4.69) is 4.98 Å². The summed E-state index contributed by atoms with van der Waals surface area (Å²) in [7, 11) is 0. The summed E-state index contributed by atoms with van der Waals surface area (Å²) >= 11 is 5.37. The Bertz CT molecular complexity index is 343. The number of hydrogen-bond donors (Lipinski definition) is 2. The van der Waals surface area contributed by atoms with Gasteiger partial charge in [0.25, 0.3) is 0 Å². The Morgan fingerprint density at radius 3 is 2.83 bits per heavy atom. The van der Waals surface area contributed by atoms with Crippen molar-refractivity contribution in [3.63, 3.8) is 0 Å². The summed E-state index contributed by atoms with van der Waals surface area (Å²) in [6.07, 6.45) is 0.990. The molecular formula is C6H4ClFN2O2. The number of carboxylic acid groups (broad SMARTS) is 1. The van der Waals surface area contributed by atoms with E-state index in [1.807, 2.05) is 0 Å². The zero-order valence-corrected chi connectivity index (χ0v) is 6.47. The Labute approximate surface area is 71.8 Å². The molecule has 12 heavy (non-hydrogen) atoms. The van der Waals surface area contributed by atoms with Gasteiger partial charge in [0.05, 0.1) is 10.7 Å². The molecule has 0 fully saturated rings. The molecule has 0 aliphatic carbocycles. The van der Waals surface area contributed by atoms with Gasteiger partial charge in [-0.15, -0.1) is 0 Å². The summed E-state index contributed by atoms with van der Waals surface area (Å²) in [5, 5.41) is 8.28. The van der Waals surface area contributed by atoms with Gasteiger partial charge in [0.2, 0.25) is 0 Å². The van der Waals surface area contributed by atoms with Gasteiger partial charge in [-0.3, -0.25) is 0 Å². The highest BCUT2D eigenvalue weighted by Gasteiger charge is 2.16. The average molecular weight is 191 g/mol. The van der Waals surface area contributed by atoms with Crippen molar-refractivity contribution >= 4 is 23.3 Å². The summed E-state index contributed by atoms with van der Waals surface area (Å²) in [6, 6.07) is 0. The molecule has 0 aromatic carbocycles. The number of carboxylic acids is 1. The van der Waals surface area contributed by atoms with Crippen molar-refractivity contribution in [2.45, 2.75) is 0 Å². The molecule has 3 N–H and O–H groups in total. The zero-order valence-electron chi connectivity index (χ0n) is 5.71. The van der Waals surface area contributed by atoms with Crippen LogP contribution in [0.25, 0.3) is 0 Å². The first-order chi connectivity index (χ1) is 5.54. The van der Waals surface area contributed by atoms with Gasteiger partial charge in [0.1, 0.15) is 0 Å². The molecule has 1 aromatic heterocycles. The van der Waals surface area contributed by atoms with Crippen molar-refractivity contribution in [1.29, 1.82) is 0 Å². The van der Waals surface area contributed by atoms with Gasteiger partial charge in [0.15, 0.2) is 11.5 Å². The lowest BCUT2D eigenvalue weighted by Crippen LogP contribution is -2.07. The van der Waals surface area contributed by atoms with Gasteiger partial charge in [-0.05, 0) is 0 Å². The van der Waals surface area contributed by atoms with Crippen LogP contribution in [0.15, 0.2) is 6.20 Å². The van der Waals surface area contributed by atoms with E-state index < -0.39 is 23.2 Å². The Morgan fingerprint density at radius 1 is 1.75 bits per heavy atom. The van der Waals surface area contributed by atoms with Crippen molar-refractivity contribution in [3.05, 3.63) is 22.7 Å². The van der Waals surface area contributed by atoms with E-state index in [0.717, 1.165) is 6.20 Å². The number of nitrogen functional groups attached to an aromatic ring is 1. The van der Waals surface area contributed by atoms with Crippen molar-refractivity contribution < 1.29 is 14.3 Å². The standard InChI is InChI=1S/C6H4ClFN2O2/c7-2-1-10-5(6(11)12)3(8)4(2)9/h1H,(H2,9,10)(H,11,12). The van der Waals surface area contributed by atoms with E-state index in [0.29, 0.717) is 0 Å². The van der Waals surface area contributed by atoms with Crippen molar-refractivity contribution in [3.8, 4) is 0 Å². The molecule has 0 saturated carbocycles. The van der Waals surface area contributed by atoms with Crippen molar-refractivity contribution in [1.82, 2.24) is 4.98 Å². The molecule has 6 heteroatoms. The fourth-order valence-corrected chi connectivity index (χ4v) is 0.761. The maximum absolute atomic E-state index is 12.9. The van der Waals surface area contributed by atoms with Gasteiger partial charge in [-0.2, -0.15) is 0 Å². The Kier molecular flexibility index (Phi) is 2.14. The largest absolute Gasteiger partial charge is 0.476 e. The molecule has 0 bridgehead atoms. The van der Waals surface area contributed by atoms with Gasteiger partial charge < -0.3 is 10.8 Å². The molecule has 1 aromatic rings. The fraction of sp³-hybridized carbons (Fsp3) is 0. The summed E-state index contributed by atoms with van der Waals surface area (Å²) in [6.45, 7) is 0. The molecule has 0 unspecified atom stereocenters. The number of nitrogens with zero attached hydrogens (tertiary/aromatic N) is 1. The van der Waals surface area contributed by atoms with Crippen LogP contribution in [0.5, 0.6) is 0 Å². The predicted molar refractivity (Wildman–Crippen MR) is 40.6 cm³/mol. The first-order valence-corrected chi connectivity index (χ1v) is 3.24. The lowest BCUT2D eigenvalue weighted by molar-refractivity contribution is 0.0685. The predicted octanol–water partition coefficient (Wildman–Crippen LogP) is 1.15. The first kappa shape index (κ1) is 8.73. The van der Waals surface area contributed by atoms with E-state index in [-0.39, 0.29) is 5.02 Å². The second-order valence-electron chi connectivity index (χ2n) is 1.99. The Morgan fingerprint density at radius 2 is 2.33 bits per heavy atom. The third kappa shape index (κ3) is 1.31. The van der Waals surface area contributed by atoms with Crippen LogP contribution < -0.4 is 5.73 Å². The Hall–Kier alpha value is -1.36. The minimum Gasteiger partial charge on any atom is -0.476 e. The minimum absolute atomic E-state index is 0.0995. The van der Waals surface area contributed by atoms with Crippen LogP contribution >= 0.6 is 11.6 Å². The molecule has 0 atom stereocenters. The van der Waals surface area contributed by atoms with Crippen LogP contribution in [0.4, 0.5) is 10.1 Å². The highest BCUT2D eigenvalue weighted by Crippen LogP contribution is 2.22. The summed E-state index contributed by atoms with van der Waals surface area (Å²) < 4.78 is 12.9. The molecule has 0 radical (unpaired) electrons. The summed E-state index contributed by atoms with van der Waals surface area (Å²) in [5.41, 5.74) is 3.99. The van der Waals surface area contributed by atoms with Gasteiger partial charge in [-0.1, -0.05) is 11.6 Å². The van der Waals surface area contributed by atoms with E-state index in [1.165, 1.54) is 0 Å². The van der Waals surface area contributed by atoms with Crippen LogP contribution in [0.3, 0.4) is 0 Å². The lowest BCUT2D eigenvalue weighted by Gasteiger charge is -2.00. The van der Waals surface area contributed by atoms with E-state index >= 15 is 0 Å². The lowest BCUT2D eigenvalue weighted by atomic mass is 10.3. The van der Waals surface area contributed by atoms with Gasteiger partial charge in [0, 0.05) is 6.20 Å². The minimum atomic E-state index is -1.48. The third-order valence-corrected chi connectivity index (χ3v) is 1.51. The summed E-state index contributed by atoms with van der Waals surface area (Å²) in [5.74, 6) is -2.58. The van der Waals surface area contributed by atoms with Gasteiger partial charge in [-0.25, -0.2) is 14.2 Å². The Balaban J connectivity index is 3.36. The number of hydrogen-bond acceptors (Lipinski definition) is 3.